The van der Waals surface area contributed by atoms with Gasteiger partial charge in [0.2, 0.25) is 21.8 Å². The summed E-state index contributed by atoms with van der Waals surface area (Å²) in [4.78, 5) is 27.8. The molecule has 0 fully saturated rings. The van der Waals surface area contributed by atoms with Crippen LogP contribution in [0.15, 0.2) is 42.5 Å². The predicted molar refractivity (Wildman–Crippen MR) is 142 cm³/mol. The third-order valence-electron chi connectivity index (χ3n) is 5.99. The number of amides is 2. The topological polar surface area (TPSA) is 86.8 Å². The van der Waals surface area contributed by atoms with Crippen LogP contribution in [0.3, 0.4) is 0 Å². The van der Waals surface area contributed by atoms with Gasteiger partial charge in [-0.15, -0.1) is 0 Å². The summed E-state index contributed by atoms with van der Waals surface area (Å²) in [7, 11) is -3.52. The molecule has 0 aliphatic heterocycles. The van der Waals surface area contributed by atoms with Crippen LogP contribution in [0.4, 0.5) is 5.69 Å². The Hall–Kier alpha value is -2.87. The van der Waals surface area contributed by atoms with Crippen LogP contribution in [0.2, 0.25) is 0 Å². The van der Waals surface area contributed by atoms with Crippen LogP contribution in [0, 0.1) is 20.8 Å². The van der Waals surface area contributed by atoms with Gasteiger partial charge in [-0.05, 0) is 74.9 Å². The van der Waals surface area contributed by atoms with Gasteiger partial charge < -0.3 is 10.2 Å². The third kappa shape index (κ3) is 8.09. The van der Waals surface area contributed by atoms with E-state index in [1.54, 1.807) is 4.90 Å². The number of hydrogen-bond acceptors (Lipinski definition) is 4. The molecular weight excluding hydrogens is 462 g/mol. The summed E-state index contributed by atoms with van der Waals surface area (Å²) in [5.41, 5.74) is 4.58. The first-order chi connectivity index (χ1) is 16.5. The number of aryl methyl sites for hydroxylation is 3. The van der Waals surface area contributed by atoms with Gasteiger partial charge in [-0.2, -0.15) is 0 Å². The van der Waals surface area contributed by atoms with Gasteiger partial charge >= 0.3 is 0 Å². The Kier molecular flexibility index (Phi) is 10.3. The van der Waals surface area contributed by atoms with E-state index in [1.165, 1.54) is 10.6 Å². The highest BCUT2D eigenvalue weighted by molar-refractivity contribution is 7.92. The van der Waals surface area contributed by atoms with Gasteiger partial charge in [0.25, 0.3) is 0 Å². The molecular formula is C27H39N3O4S. The average Bonchev–Trinajstić information content (AvgIpc) is 2.76. The fourth-order valence-corrected chi connectivity index (χ4v) is 5.23. The predicted octanol–water partition coefficient (Wildman–Crippen LogP) is 4.10. The minimum absolute atomic E-state index is 0.138. The average molecular weight is 502 g/mol. The maximum Gasteiger partial charge on any atom is 0.242 e. The monoisotopic (exact) mass is 501 g/mol. The first-order valence-electron chi connectivity index (χ1n) is 12.2. The zero-order chi connectivity index (χ0) is 26.2. The number of carbonyl (C=O) groups excluding carboxylic acids is 2. The van der Waals surface area contributed by atoms with Crippen LogP contribution in [-0.2, 0) is 26.2 Å². The molecule has 0 unspecified atom stereocenters. The minimum Gasteiger partial charge on any atom is -0.355 e. The molecule has 0 aromatic heterocycles. The number of nitrogens with one attached hydrogen (secondary N) is 1. The van der Waals surface area contributed by atoms with E-state index in [-0.39, 0.29) is 24.8 Å². The minimum atomic E-state index is -3.52. The highest BCUT2D eigenvalue weighted by Crippen LogP contribution is 2.23. The number of carbonyl (C=O) groups is 2. The van der Waals surface area contributed by atoms with Crippen molar-refractivity contribution in [1.82, 2.24) is 10.2 Å². The molecule has 1 atom stereocenters. The molecule has 2 amide bonds. The van der Waals surface area contributed by atoms with Crippen LogP contribution >= 0.6 is 0 Å². The lowest BCUT2D eigenvalue weighted by atomic mass is 10.1. The fraction of sp³-hybridized carbons (Fsp3) is 0.481. The summed E-state index contributed by atoms with van der Waals surface area (Å²) >= 11 is 0. The van der Waals surface area contributed by atoms with E-state index < -0.39 is 16.1 Å². The fourth-order valence-electron chi connectivity index (χ4n) is 4.28. The largest absolute Gasteiger partial charge is 0.355 e. The van der Waals surface area contributed by atoms with Crippen molar-refractivity contribution in [2.24, 2.45) is 0 Å². The van der Waals surface area contributed by atoms with Crippen molar-refractivity contribution < 1.29 is 18.0 Å². The Labute approximate surface area is 210 Å². The number of hydrogen-bond donors (Lipinski definition) is 1. The molecule has 0 saturated heterocycles. The molecule has 0 saturated carbocycles. The molecule has 35 heavy (non-hydrogen) atoms. The van der Waals surface area contributed by atoms with Crippen LogP contribution in [0.1, 0.15) is 55.4 Å². The van der Waals surface area contributed by atoms with E-state index in [2.05, 4.69) is 5.32 Å². The molecule has 2 rings (SSSR count). The second-order valence-electron chi connectivity index (χ2n) is 9.05. The lowest BCUT2D eigenvalue weighted by Gasteiger charge is -2.31. The zero-order valence-corrected chi connectivity index (χ0v) is 22.6. The van der Waals surface area contributed by atoms with Gasteiger partial charge in [-0.25, -0.2) is 8.42 Å². The molecule has 0 bridgehead atoms. The standard InChI is InChI=1S/C27H39N3O4S/c1-7-25(27(32)28-8-2)29(19-23-13-10-9-12-22(23)5)26(31)14-11-15-30(35(6,33)34)24-17-20(3)16-21(4)18-24/h9-10,12-13,16-18,25H,7-8,11,14-15,19H2,1-6H3,(H,28,32)/t25-/m0/s1. The van der Waals surface area contributed by atoms with E-state index in [0.717, 1.165) is 22.3 Å². The molecule has 0 aliphatic carbocycles. The number of likely N-dealkylation sites (N-methyl/N-ethyl adjacent to an activating group) is 1. The van der Waals surface area contributed by atoms with Crippen molar-refractivity contribution in [3.63, 3.8) is 0 Å². The van der Waals surface area contributed by atoms with E-state index in [0.29, 0.717) is 31.6 Å². The molecule has 0 radical (unpaired) electrons. The van der Waals surface area contributed by atoms with Crippen LogP contribution in [0.5, 0.6) is 0 Å². The Bertz CT molecular complexity index is 1110. The highest BCUT2D eigenvalue weighted by atomic mass is 32.2. The zero-order valence-electron chi connectivity index (χ0n) is 21.8. The second-order valence-corrected chi connectivity index (χ2v) is 11.0. The summed E-state index contributed by atoms with van der Waals surface area (Å²) in [6, 6.07) is 12.9. The lowest BCUT2D eigenvalue weighted by Crippen LogP contribution is -2.49. The second kappa shape index (κ2) is 12.7. The number of benzene rings is 2. The number of nitrogens with zero attached hydrogens (tertiary/aromatic N) is 2. The molecule has 0 spiro atoms. The SMILES string of the molecule is CCNC(=O)[C@H](CC)N(Cc1ccccc1C)C(=O)CCCN(c1cc(C)cc(C)c1)S(C)(=O)=O. The smallest absolute Gasteiger partial charge is 0.242 e. The summed E-state index contributed by atoms with van der Waals surface area (Å²) < 4.78 is 26.4. The number of rotatable bonds is 12. The lowest BCUT2D eigenvalue weighted by molar-refractivity contribution is -0.141. The molecule has 2 aromatic carbocycles. The van der Waals surface area contributed by atoms with Gasteiger partial charge in [-0.3, -0.25) is 13.9 Å². The molecule has 7 nitrogen and oxygen atoms in total. The number of anilines is 1. The Balaban J connectivity index is 2.24. The van der Waals surface area contributed by atoms with Gasteiger partial charge in [0.1, 0.15) is 6.04 Å². The number of sulfonamides is 1. The van der Waals surface area contributed by atoms with E-state index in [9.17, 15) is 18.0 Å². The van der Waals surface area contributed by atoms with Crippen molar-refractivity contribution in [3.05, 3.63) is 64.7 Å². The van der Waals surface area contributed by atoms with E-state index in [4.69, 9.17) is 0 Å². The highest BCUT2D eigenvalue weighted by Gasteiger charge is 2.29. The van der Waals surface area contributed by atoms with Crippen molar-refractivity contribution in [2.75, 3.05) is 23.7 Å². The molecule has 2 aromatic rings. The third-order valence-corrected chi connectivity index (χ3v) is 7.18. The van der Waals surface area contributed by atoms with Gasteiger partial charge in [0, 0.05) is 26.1 Å². The Morgan fingerprint density at radius 3 is 2.17 bits per heavy atom. The summed E-state index contributed by atoms with van der Waals surface area (Å²) in [5, 5.41) is 2.84. The van der Waals surface area contributed by atoms with E-state index >= 15 is 0 Å². The molecule has 1 N–H and O–H groups in total. The molecule has 192 valence electrons. The first-order valence-corrected chi connectivity index (χ1v) is 14.0. The quantitative estimate of drug-likeness (QED) is 0.474. The summed E-state index contributed by atoms with van der Waals surface area (Å²) in [5.74, 6) is -0.342. The van der Waals surface area contributed by atoms with E-state index in [1.807, 2.05) is 77.1 Å². The van der Waals surface area contributed by atoms with Crippen molar-refractivity contribution >= 4 is 27.5 Å². The van der Waals surface area contributed by atoms with Crippen molar-refractivity contribution in [1.29, 1.82) is 0 Å². The Morgan fingerprint density at radius 1 is 1.00 bits per heavy atom. The molecule has 0 aliphatic rings. The summed E-state index contributed by atoms with van der Waals surface area (Å²) in [6.07, 6.45) is 2.15. The summed E-state index contributed by atoms with van der Waals surface area (Å²) in [6.45, 7) is 10.6. The van der Waals surface area contributed by atoms with Gasteiger partial charge in [-0.1, -0.05) is 37.3 Å². The van der Waals surface area contributed by atoms with Crippen molar-refractivity contribution in [2.45, 2.75) is 66.5 Å². The maximum atomic E-state index is 13.4. The van der Waals surface area contributed by atoms with Crippen molar-refractivity contribution in [3.8, 4) is 0 Å². The van der Waals surface area contributed by atoms with Gasteiger partial charge in [0.15, 0.2) is 0 Å². The Morgan fingerprint density at radius 2 is 1.63 bits per heavy atom. The normalized spacial score (nSPS) is 12.2. The molecule has 0 heterocycles. The van der Waals surface area contributed by atoms with Gasteiger partial charge in [0.05, 0.1) is 11.9 Å². The van der Waals surface area contributed by atoms with Crippen LogP contribution in [0.25, 0.3) is 0 Å². The van der Waals surface area contributed by atoms with Crippen LogP contribution < -0.4 is 9.62 Å². The first kappa shape index (κ1) is 28.4. The van der Waals surface area contributed by atoms with Crippen LogP contribution in [-0.4, -0.2) is 50.5 Å². The molecule has 8 heteroatoms. The maximum absolute atomic E-state index is 13.4.